The zero-order valence-corrected chi connectivity index (χ0v) is 10.3. The van der Waals surface area contributed by atoms with Crippen molar-refractivity contribution in [2.45, 2.75) is 0 Å². The largest absolute Gasteiger partial charge is 0.399 e. The summed E-state index contributed by atoms with van der Waals surface area (Å²) in [7, 11) is 0. The summed E-state index contributed by atoms with van der Waals surface area (Å²) in [6, 6.07) is 6.70. The monoisotopic (exact) mass is 272 g/mol. The van der Waals surface area contributed by atoms with Gasteiger partial charge in [0, 0.05) is 22.5 Å². The van der Waals surface area contributed by atoms with Gasteiger partial charge in [-0.15, -0.1) is 0 Å². The average Bonchev–Trinajstić information content (AvgIpc) is 2.23. The van der Waals surface area contributed by atoms with E-state index in [1.165, 1.54) is 0 Å². The number of rotatable bonds is 1. The highest BCUT2D eigenvalue weighted by Gasteiger charge is 2.10. The van der Waals surface area contributed by atoms with Gasteiger partial charge in [-0.2, -0.15) is 0 Å². The van der Waals surface area contributed by atoms with Crippen LogP contribution in [0.2, 0.25) is 15.1 Å². The van der Waals surface area contributed by atoms with Gasteiger partial charge in [-0.25, -0.2) is 0 Å². The molecule has 16 heavy (non-hydrogen) atoms. The van der Waals surface area contributed by atoms with E-state index in [-0.39, 0.29) is 0 Å². The molecule has 0 radical (unpaired) electrons. The van der Waals surface area contributed by atoms with Crippen LogP contribution in [0.5, 0.6) is 0 Å². The molecule has 1 aromatic carbocycles. The smallest absolute Gasteiger partial charge is 0.0738 e. The van der Waals surface area contributed by atoms with Crippen LogP contribution in [-0.4, -0.2) is 4.98 Å². The van der Waals surface area contributed by atoms with Crippen LogP contribution in [0.3, 0.4) is 0 Å². The van der Waals surface area contributed by atoms with Gasteiger partial charge in [0.2, 0.25) is 0 Å². The number of hydrogen-bond donors (Lipinski definition) is 1. The van der Waals surface area contributed by atoms with Crippen molar-refractivity contribution in [3.8, 4) is 11.3 Å². The number of nitrogen functional groups attached to an aromatic ring is 1. The van der Waals surface area contributed by atoms with Gasteiger partial charge in [0.15, 0.2) is 0 Å². The van der Waals surface area contributed by atoms with Crippen LogP contribution in [-0.2, 0) is 0 Å². The maximum Gasteiger partial charge on any atom is 0.0738 e. The fourth-order valence-electron chi connectivity index (χ4n) is 1.34. The molecular formula is C11H7Cl3N2. The molecule has 2 N–H and O–H groups in total. The van der Waals surface area contributed by atoms with Crippen LogP contribution in [0.1, 0.15) is 0 Å². The number of nitrogens with two attached hydrogens (primary N) is 1. The molecule has 0 amide bonds. The average molecular weight is 274 g/mol. The third kappa shape index (κ3) is 2.24. The van der Waals surface area contributed by atoms with E-state index in [1.807, 2.05) is 0 Å². The Bertz CT molecular complexity index is 541. The quantitative estimate of drug-likeness (QED) is 0.787. The molecule has 0 bridgehead atoms. The number of anilines is 1. The minimum absolute atomic E-state index is 0.397. The molecule has 0 spiro atoms. The Morgan fingerprint density at radius 2 is 1.81 bits per heavy atom. The Morgan fingerprint density at radius 1 is 1.06 bits per heavy atom. The molecule has 2 rings (SSSR count). The summed E-state index contributed by atoms with van der Waals surface area (Å²) in [5.74, 6) is 0. The lowest BCUT2D eigenvalue weighted by atomic mass is 10.1. The van der Waals surface area contributed by atoms with Crippen molar-refractivity contribution in [2.75, 3.05) is 5.73 Å². The number of benzene rings is 1. The molecule has 0 aliphatic rings. The van der Waals surface area contributed by atoms with Crippen molar-refractivity contribution < 1.29 is 0 Å². The molecular weight excluding hydrogens is 266 g/mol. The van der Waals surface area contributed by atoms with Crippen molar-refractivity contribution in [1.82, 2.24) is 4.98 Å². The predicted molar refractivity (Wildman–Crippen MR) is 69.1 cm³/mol. The molecule has 2 aromatic rings. The van der Waals surface area contributed by atoms with Crippen LogP contribution in [0.25, 0.3) is 11.3 Å². The second-order valence-electron chi connectivity index (χ2n) is 3.22. The molecule has 5 heteroatoms. The minimum Gasteiger partial charge on any atom is -0.399 e. The molecule has 82 valence electrons. The zero-order valence-electron chi connectivity index (χ0n) is 8.05. The van der Waals surface area contributed by atoms with E-state index in [9.17, 15) is 0 Å². The minimum atomic E-state index is 0.397. The third-order valence-corrected chi connectivity index (χ3v) is 3.07. The second-order valence-corrected chi connectivity index (χ2v) is 4.45. The summed E-state index contributed by atoms with van der Waals surface area (Å²) in [6.45, 7) is 0. The van der Waals surface area contributed by atoms with Crippen molar-refractivity contribution in [1.29, 1.82) is 0 Å². The molecule has 2 nitrogen and oxygen atoms in total. The molecule has 0 saturated carbocycles. The molecule has 0 saturated heterocycles. The highest BCUT2D eigenvalue weighted by molar-refractivity contribution is 6.45. The van der Waals surface area contributed by atoms with E-state index in [2.05, 4.69) is 4.98 Å². The summed E-state index contributed by atoms with van der Waals surface area (Å²) in [4.78, 5) is 4.17. The fourth-order valence-corrected chi connectivity index (χ4v) is 2.04. The van der Waals surface area contributed by atoms with E-state index in [0.29, 0.717) is 32.0 Å². The maximum absolute atomic E-state index is 6.08. The molecule has 1 aromatic heterocycles. The summed E-state index contributed by atoms with van der Waals surface area (Å²) >= 11 is 17.9. The van der Waals surface area contributed by atoms with E-state index in [1.54, 1.807) is 30.5 Å². The topological polar surface area (TPSA) is 38.9 Å². The number of nitrogens with zero attached hydrogens (tertiary/aromatic N) is 1. The lowest BCUT2D eigenvalue weighted by molar-refractivity contribution is 1.33. The molecule has 0 unspecified atom stereocenters. The van der Waals surface area contributed by atoms with E-state index >= 15 is 0 Å². The van der Waals surface area contributed by atoms with Gasteiger partial charge < -0.3 is 5.73 Å². The van der Waals surface area contributed by atoms with Gasteiger partial charge in [-0.1, -0.05) is 34.8 Å². The number of pyridine rings is 1. The Labute approximate surface area is 108 Å². The third-order valence-electron chi connectivity index (χ3n) is 2.05. The molecule has 0 aliphatic carbocycles. The second kappa shape index (κ2) is 4.50. The van der Waals surface area contributed by atoms with Gasteiger partial charge in [0.1, 0.15) is 0 Å². The lowest BCUT2D eigenvalue weighted by Gasteiger charge is -2.06. The summed E-state index contributed by atoms with van der Waals surface area (Å²) in [5, 5.41) is 1.33. The van der Waals surface area contributed by atoms with Crippen LogP contribution < -0.4 is 5.73 Å². The van der Waals surface area contributed by atoms with Gasteiger partial charge in [-0.3, -0.25) is 4.98 Å². The maximum atomic E-state index is 6.08. The van der Waals surface area contributed by atoms with Crippen LogP contribution >= 0.6 is 34.8 Å². The highest BCUT2D eigenvalue weighted by Crippen LogP contribution is 2.35. The summed E-state index contributed by atoms with van der Waals surface area (Å²) < 4.78 is 0. The SMILES string of the molecule is Nc1ccnc(-c2cc(Cl)cc(Cl)c2Cl)c1. The van der Waals surface area contributed by atoms with Crippen molar-refractivity contribution in [3.63, 3.8) is 0 Å². The first-order chi connectivity index (χ1) is 7.58. The van der Waals surface area contributed by atoms with Gasteiger partial charge in [-0.05, 0) is 24.3 Å². The van der Waals surface area contributed by atoms with Crippen molar-refractivity contribution >= 4 is 40.5 Å². The number of aromatic nitrogens is 1. The van der Waals surface area contributed by atoms with Gasteiger partial charge in [0.25, 0.3) is 0 Å². The number of halogens is 3. The van der Waals surface area contributed by atoms with E-state index in [4.69, 9.17) is 40.5 Å². The van der Waals surface area contributed by atoms with Crippen LogP contribution in [0.15, 0.2) is 30.5 Å². The van der Waals surface area contributed by atoms with Gasteiger partial charge >= 0.3 is 0 Å². The molecule has 1 heterocycles. The number of hydrogen-bond acceptors (Lipinski definition) is 2. The van der Waals surface area contributed by atoms with Gasteiger partial charge in [0.05, 0.1) is 15.7 Å². The molecule has 0 atom stereocenters. The first kappa shape index (κ1) is 11.5. The molecule has 0 fully saturated rings. The Balaban J connectivity index is 2.64. The van der Waals surface area contributed by atoms with Crippen molar-refractivity contribution in [3.05, 3.63) is 45.5 Å². The Hall–Kier alpha value is -0.960. The first-order valence-corrected chi connectivity index (χ1v) is 5.58. The van der Waals surface area contributed by atoms with E-state index < -0.39 is 0 Å². The van der Waals surface area contributed by atoms with Crippen LogP contribution in [0.4, 0.5) is 5.69 Å². The summed E-state index contributed by atoms with van der Waals surface area (Å²) in [6.07, 6.45) is 1.61. The highest BCUT2D eigenvalue weighted by atomic mass is 35.5. The predicted octanol–water partition coefficient (Wildman–Crippen LogP) is 4.29. The Morgan fingerprint density at radius 3 is 2.50 bits per heavy atom. The van der Waals surface area contributed by atoms with Crippen molar-refractivity contribution in [2.24, 2.45) is 0 Å². The lowest BCUT2D eigenvalue weighted by Crippen LogP contribution is -1.89. The fraction of sp³-hybridized carbons (Fsp3) is 0. The van der Waals surface area contributed by atoms with E-state index in [0.717, 1.165) is 0 Å². The molecule has 0 aliphatic heterocycles. The summed E-state index contributed by atoms with van der Waals surface area (Å²) in [5.41, 5.74) is 7.60. The zero-order chi connectivity index (χ0) is 11.7. The van der Waals surface area contributed by atoms with Crippen LogP contribution in [0, 0.1) is 0 Å². The standard InChI is InChI=1S/C11H7Cl3N2/c12-6-3-8(11(14)9(13)4-6)10-5-7(15)1-2-16-10/h1-5H,(H2,15,16). The normalized spacial score (nSPS) is 10.4. The first-order valence-electron chi connectivity index (χ1n) is 4.44. The Kier molecular flexibility index (Phi) is 3.24.